The Bertz CT molecular complexity index is 809. The molecule has 1 aromatic rings. The Balaban J connectivity index is 0.00000291. The summed E-state index contributed by atoms with van der Waals surface area (Å²) in [5.74, 6) is 2.49. The van der Waals surface area contributed by atoms with Gasteiger partial charge in [0.25, 0.3) is 0 Å². The highest BCUT2D eigenvalue weighted by Gasteiger charge is 2.33. The number of carboxylic acids is 1. The largest absolute Gasteiger partial charge is 0.492 e. The van der Waals surface area contributed by atoms with E-state index in [1.54, 1.807) is 0 Å². The van der Waals surface area contributed by atoms with Gasteiger partial charge in [-0.2, -0.15) is 0 Å². The second kappa shape index (κ2) is 17.5. The molecule has 2 unspecified atom stereocenters. The quantitative estimate of drug-likeness (QED) is 0.288. The fourth-order valence-electron chi connectivity index (χ4n) is 4.60. The second-order valence-corrected chi connectivity index (χ2v) is 10.2. The maximum absolute atomic E-state index is 10.9. The van der Waals surface area contributed by atoms with Crippen molar-refractivity contribution < 1.29 is 19.4 Å². The molecule has 1 aromatic carbocycles. The Kier molecular flexibility index (Phi) is 16.5. The third kappa shape index (κ3) is 10.6. The van der Waals surface area contributed by atoms with Crippen LogP contribution in [0.3, 0.4) is 0 Å². The van der Waals surface area contributed by atoms with E-state index in [0.29, 0.717) is 5.92 Å². The highest BCUT2D eigenvalue weighted by molar-refractivity contribution is 5.67. The van der Waals surface area contributed by atoms with Crippen LogP contribution in [0.1, 0.15) is 123 Å². The summed E-state index contributed by atoms with van der Waals surface area (Å²) < 4.78 is 12.6. The van der Waals surface area contributed by atoms with Gasteiger partial charge in [-0.3, -0.25) is 4.79 Å². The van der Waals surface area contributed by atoms with Gasteiger partial charge >= 0.3 is 5.97 Å². The van der Waals surface area contributed by atoms with Crippen LogP contribution in [0.2, 0.25) is 0 Å². The molecule has 1 aliphatic rings. The Morgan fingerprint density at radius 2 is 1.75 bits per heavy atom. The lowest BCUT2D eigenvalue weighted by molar-refractivity contribution is -0.137. The molecule has 0 saturated carbocycles. The monoisotopic (exact) mass is 504 g/mol. The van der Waals surface area contributed by atoms with Crippen LogP contribution in [0.5, 0.6) is 11.5 Å². The highest BCUT2D eigenvalue weighted by Crippen LogP contribution is 2.44. The van der Waals surface area contributed by atoms with Gasteiger partial charge in [0.15, 0.2) is 0 Å². The second-order valence-electron chi connectivity index (χ2n) is 10.2. The third-order valence-corrected chi connectivity index (χ3v) is 6.77. The van der Waals surface area contributed by atoms with Crippen LogP contribution >= 0.6 is 0 Å². The van der Waals surface area contributed by atoms with Gasteiger partial charge in [-0.15, -0.1) is 0 Å². The molecule has 4 heteroatoms. The predicted molar refractivity (Wildman–Crippen MR) is 155 cm³/mol. The van der Waals surface area contributed by atoms with E-state index in [-0.39, 0.29) is 18.6 Å². The fraction of sp³-hybridized carbons (Fsp3) is 0.719. The van der Waals surface area contributed by atoms with Crippen molar-refractivity contribution >= 4 is 5.97 Å². The molecule has 208 valence electrons. The van der Waals surface area contributed by atoms with Gasteiger partial charge in [-0.1, -0.05) is 80.7 Å². The Labute approximate surface area is 222 Å². The van der Waals surface area contributed by atoms with Gasteiger partial charge in [0.2, 0.25) is 0 Å². The third-order valence-electron chi connectivity index (χ3n) is 6.77. The fourth-order valence-corrected chi connectivity index (χ4v) is 4.60. The minimum absolute atomic E-state index is 0.00792. The molecule has 0 radical (unpaired) electrons. The number of rotatable bonds is 12. The maximum atomic E-state index is 10.9. The van der Waals surface area contributed by atoms with E-state index in [1.807, 2.05) is 27.7 Å². The number of allylic oxidation sites excluding steroid dienone is 1. The normalized spacial score (nSPS) is 17.3. The van der Waals surface area contributed by atoms with E-state index in [9.17, 15) is 4.79 Å². The van der Waals surface area contributed by atoms with Crippen LogP contribution < -0.4 is 9.47 Å². The number of hydrogen-bond acceptors (Lipinski definition) is 3. The van der Waals surface area contributed by atoms with E-state index in [0.717, 1.165) is 54.2 Å². The predicted octanol–water partition coefficient (Wildman–Crippen LogP) is 9.26. The standard InChI is InChI=1S/C28H44O4.2C2H6/c1-8-23-24-14-17-28(7,16-10-13-20(4)12-9-11-19(2)3)32-27(24)22(6)21(5)26(23)31-18-15-25(29)30;2*1-2/h10,16,19-20H,8-9,11-15,17-18H2,1-7H3,(H,29,30);2*1-2H3/b16-10+;;. The van der Waals surface area contributed by atoms with Crippen LogP contribution in [-0.2, 0) is 17.6 Å². The summed E-state index contributed by atoms with van der Waals surface area (Å²) in [4.78, 5) is 10.9. The van der Waals surface area contributed by atoms with Crippen molar-refractivity contribution in [2.24, 2.45) is 11.8 Å². The average molecular weight is 505 g/mol. The van der Waals surface area contributed by atoms with Crippen molar-refractivity contribution in [3.05, 3.63) is 34.4 Å². The van der Waals surface area contributed by atoms with E-state index >= 15 is 0 Å². The molecule has 0 spiro atoms. The van der Waals surface area contributed by atoms with E-state index < -0.39 is 5.97 Å². The summed E-state index contributed by atoms with van der Waals surface area (Å²) in [5, 5.41) is 8.95. The number of hydrogen-bond donors (Lipinski definition) is 1. The van der Waals surface area contributed by atoms with Gasteiger partial charge in [-0.05, 0) is 75.5 Å². The zero-order valence-electron chi connectivity index (χ0n) is 25.3. The van der Waals surface area contributed by atoms with Crippen LogP contribution in [0, 0.1) is 25.7 Å². The van der Waals surface area contributed by atoms with E-state index in [2.05, 4.69) is 60.6 Å². The zero-order valence-corrected chi connectivity index (χ0v) is 25.3. The summed E-state index contributed by atoms with van der Waals surface area (Å²) in [6.45, 7) is 23.6. The summed E-state index contributed by atoms with van der Waals surface area (Å²) >= 11 is 0. The Hall–Kier alpha value is -1.97. The van der Waals surface area contributed by atoms with Crippen molar-refractivity contribution in [2.45, 2.75) is 133 Å². The molecule has 4 nitrogen and oxygen atoms in total. The van der Waals surface area contributed by atoms with E-state index in [4.69, 9.17) is 14.6 Å². The Morgan fingerprint density at radius 3 is 2.31 bits per heavy atom. The van der Waals surface area contributed by atoms with Gasteiger partial charge in [0.1, 0.15) is 17.1 Å². The first-order chi connectivity index (χ1) is 17.1. The van der Waals surface area contributed by atoms with Crippen molar-refractivity contribution in [2.75, 3.05) is 6.61 Å². The SMILES string of the molecule is CC.CC.CCc1c2c(c(C)c(C)c1OCCC(=O)O)OC(C)(/C=C/CC(C)CCCC(C)C)CC2. The molecule has 0 fully saturated rings. The zero-order chi connectivity index (χ0) is 27.9. The first-order valence-corrected chi connectivity index (χ1v) is 14.4. The lowest BCUT2D eigenvalue weighted by atomic mass is 9.85. The summed E-state index contributed by atoms with van der Waals surface area (Å²) in [6, 6.07) is 0. The molecule has 1 heterocycles. The lowest BCUT2D eigenvalue weighted by Gasteiger charge is -2.37. The van der Waals surface area contributed by atoms with Crippen molar-refractivity contribution in [1.82, 2.24) is 0 Å². The number of ether oxygens (including phenoxy) is 2. The number of benzene rings is 1. The topological polar surface area (TPSA) is 55.8 Å². The lowest BCUT2D eigenvalue weighted by Crippen LogP contribution is -2.35. The Morgan fingerprint density at radius 1 is 1.11 bits per heavy atom. The molecule has 1 N–H and O–H groups in total. The van der Waals surface area contributed by atoms with Gasteiger partial charge in [0, 0.05) is 11.1 Å². The molecule has 0 bridgehead atoms. The number of fused-ring (bicyclic) bond motifs is 1. The van der Waals surface area contributed by atoms with Crippen LogP contribution in [-0.4, -0.2) is 23.3 Å². The van der Waals surface area contributed by atoms with E-state index in [1.165, 1.54) is 30.4 Å². The first-order valence-electron chi connectivity index (χ1n) is 14.4. The van der Waals surface area contributed by atoms with Crippen molar-refractivity contribution in [3.8, 4) is 11.5 Å². The molecule has 1 aliphatic heterocycles. The van der Waals surface area contributed by atoms with Gasteiger partial charge in [-0.25, -0.2) is 0 Å². The summed E-state index contributed by atoms with van der Waals surface area (Å²) in [7, 11) is 0. The molecule has 36 heavy (non-hydrogen) atoms. The molecule has 2 rings (SSSR count). The number of carboxylic acid groups (broad SMARTS) is 1. The molecular weight excluding hydrogens is 448 g/mol. The van der Waals surface area contributed by atoms with Crippen LogP contribution in [0.15, 0.2) is 12.2 Å². The molecular formula is C32H56O4. The highest BCUT2D eigenvalue weighted by atomic mass is 16.5. The van der Waals surface area contributed by atoms with Crippen LogP contribution in [0.25, 0.3) is 0 Å². The minimum atomic E-state index is -0.837. The van der Waals surface area contributed by atoms with Gasteiger partial charge in [0.05, 0.1) is 13.0 Å². The average Bonchev–Trinajstić information content (AvgIpc) is 2.84. The van der Waals surface area contributed by atoms with Crippen molar-refractivity contribution in [3.63, 3.8) is 0 Å². The molecule has 0 amide bonds. The van der Waals surface area contributed by atoms with Crippen LogP contribution in [0.4, 0.5) is 0 Å². The maximum Gasteiger partial charge on any atom is 0.306 e. The molecule has 0 saturated heterocycles. The smallest absolute Gasteiger partial charge is 0.306 e. The summed E-state index contributed by atoms with van der Waals surface area (Å²) in [6.07, 6.45) is 12.3. The minimum Gasteiger partial charge on any atom is -0.492 e. The van der Waals surface area contributed by atoms with Crippen molar-refractivity contribution in [1.29, 1.82) is 0 Å². The summed E-state index contributed by atoms with van der Waals surface area (Å²) in [5.41, 5.74) is 4.26. The number of aliphatic carboxylic acids is 1. The first kappa shape index (κ1) is 34.0. The van der Waals surface area contributed by atoms with Gasteiger partial charge < -0.3 is 14.6 Å². The molecule has 0 aromatic heterocycles. The molecule has 0 aliphatic carbocycles. The number of carbonyl (C=O) groups is 1. The molecule has 2 atom stereocenters.